The van der Waals surface area contributed by atoms with E-state index in [0.717, 1.165) is 11.6 Å². The van der Waals surface area contributed by atoms with Crippen molar-refractivity contribution in [3.05, 3.63) is 47.5 Å². The number of para-hydroxylation sites is 1. The number of fused-ring (bicyclic) bond motifs is 2. The van der Waals surface area contributed by atoms with Crippen molar-refractivity contribution in [2.24, 2.45) is 0 Å². The van der Waals surface area contributed by atoms with Crippen LogP contribution in [0.4, 0.5) is 5.69 Å². The summed E-state index contributed by atoms with van der Waals surface area (Å²) in [6, 6.07) is 9.79. The molecule has 2 aliphatic rings. The Morgan fingerprint density at radius 2 is 1.92 bits per heavy atom. The molecule has 0 unspecified atom stereocenters. The van der Waals surface area contributed by atoms with Crippen LogP contribution in [0.15, 0.2) is 41.3 Å². The van der Waals surface area contributed by atoms with E-state index in [0.29, 0.717) is 12.2 Å². The van der Waals surface area contributed by atoms with Crippen LogP contribution in [-0.4, -0.2) is 39.3 Å². The monoisotopic (exact) mass is 375 g/mol. The molecule has 0 amide bonds. The van der Waals surface area contributed by atoms with Crippen LogP contribution in [0.2, 0.25) is 0 Å². The Kier molecular flexibility index (Phi) is 3.80. The summed E-state index contributed by atoms with van der Waals surface area (Å²) in [5, 5.41) is 9.45. The summed E-state index contributed by atoms with van der Waals surface area (Å²) >= 11 is 0. The topological polar surface area (TPSA) is 93.1 Å². The standard InChI is InChI=1S/C18H17NO6S/c1-11-10-19(15-5-3-2-4-13(11)15)26(22,23)12-8-14(18(20)21)17-16(9-12)24-6-7-25-17/h2-5,8-9,11H,6-7,10H2,1H3,(H,20,21)/t11-/m0/s1. The van der Waals surface area contributed by atoms with Gasteiger partial charge < -0.3 is 14.6 Å². The molecular formula is C18H17NO6S. The molecule has 0 radical (unpaired) electrons. The lowest BCUT2D eigenvalue weighted by molar-refractivity contribution is 0.0685. The van der Waals surface area contributed by atoms with Gasteiger partial charge in [-0.3, -0.25) is 4.31 Å². The Morgan fingerprint density at radius 3 is 2.69 bits per heavy atom. The predicted octanol–water partition coefficient (Wildman–Crippen LogP) is 2.47. The van der Waals surface area contributed by atoms with Crippen LogP contribution in [0.25, 0.3) is 0 Å². The van der Waals surface area contributed by atoms with E-state index < -0.39 is 16.0 Å². The summed E-state index contributed by atoms with van der Waals surface area (Å²) in [5.74, 6) is -1.01. The largest absolute Gasteiger partial charge is 0.486 e. The number of anilines is 1. The van der Waals surface area contributed by atoms with Gasteiger partial charge in [-0.05, 0) is 17.7 Å². The van der Waals surface area contributed by atoms with Gasteiger partial charge in [-0.1, -0.05) is 25.1 Å². The zero-order valence-electron chi connectivity index (χ0n) is 14.0. The van der Waals surface area contributed by atoms with Gasteiger partial charge in [-0.25, -0.2) is 13.2 Å². The molecule has 0 fully saturated rings. The van der Waals surface area contributed by atoms with Gasteiger partial charge in [-0.2, -0.15) is 0 Å². The zero-order valence-corrected chi connectivity index (χ0v) is 14.8. The highest BCUT2D eigenvalue weighted by atomic mass is 32.2. The molecular weight excluding hydrogens is 358 g/mol. The second-order valence-electron chi connectivity index (χ2n) is 6.30. The minimum absolute atomic E-state index is 0.0529. The average molecular weight is 375 g/mol. The van der Waals surface area contributed by atoms with Crippen molar-refractivity contribution in [3.63, 3.8) is 0 Å². The van der Waals surface area contributed by atoms with E-state index in [-0.39, 0.29) is 41.1 Å². The third-order valence-electron chi connectivity index (χ3n) is 4.61. The SMILES string of the molecule is C[C@H]1CN(S(=O)(=O)c2cc3c(c(C(=O)O)c2)OCCO3)c2ccccc21. The molecule has 0 aliphatic carbocycles. The average Bonchev–Trinajstić information content (AvgIpc) is 2.98. The number of hydrogen-bond donors (Lipinski definition) is 1. The summed E-state index contributed by atoms with van der Waals surface area (Å²) in [6.45, 7) is 2.72. The minimum atomic E-state index is -3.94. The molecule has 136 valence electrons. The number of carboxylic acids is 1. The molecule has 2 aromatic rings. The molecule has 0 bridgehead atoms. The number of aromatic carboxylic acids is 1. The highest BCUT2D eigenvalue weighted by Gasteiger charge is 2.36. The first-order chi connectivity index (χ1) is 12.4. The van der Waals surface area contributed by atoms with E-state index in [1.807, 2.05) is 19.1 Å². The highest BCUT2D eigenvalue weighted by molar-refractivity contribution is 7.92. The van der Waals surface area contributed by atoms with E-state index in [1.54, 1.807) is 12.1 Å². The van der Waals surface area contributed by atoms with Gasteiger partial charge in [-0.15, -0.1) is 0 Å². The summed E-state index contributed by atoms with van der Waals surface area (Å²) in [4.78, 5) is 11.5. The van der Waals surface area contributed by atoms with Gasteiger partial charge in [0.2, 0.25) is 0 Å². The van der Waals surface area contributed by atoms with Crippen LogP contribution in [0.5, 0.6) is 11.5 Å². The second kappa shape index (κ2) is 5.91. The molecule has 0 aromatic heterocycles. The van der Waals surface area contributed by atoms with Crippen LogP contribution in [0, 0.1) is 0 Å². The lowest BCUT2D eigenvalue weighted by atomic mass is 10.0. The molecule has 7 nitrogen and oxygen atoms in total. The summed E-state index contributed by atoms with van der Waals surface area (Å²) in [6.07, 6.45) is 0. The Hall–Kier alpha value is -2.74. The maximum atomic E-state index is 13.2. The first-order valence-electron chi connectivity index (χ1n) is 8.18. The molecule has 1 N–H and O–H groups in total. The van der Waals surface area contributed by atoms with Crippen LogP contribution in [0.1, 0.15) is 28.8 Å². The first kappa shape index (κ1) is 16.7. The van der Waals surface area contributed by atoms with Gasteiger partial charge in [0.25, 0.3) is 10.0 Å². The van der Waals surface area contributed by atoms with E-state index in [9.17, 15) is 18.3 Å². The Labute approximate surface area is 150 Å². The van der Waals surface area contributed by atoms with Crippen LogP contribution < -0.4 is 13.8 Å². The van der Waals surface area contributed by atoms with E-state index in [1.165, 1.54) is 10.4 Å². The minimum Gasteiger partial charge on any atom is -0.486 e. The number of benzene rings is 2. The van der Waals surface area contributed by atoms with E-state index >= 15 is 0 Å². The molecule has 2 heterocycles. The number of rotatable bonds is 3. The number of hydrogen-bond acceptors (Lipinski definition) is 5. The van der Waals surface area contributed by atoms with Gasteiger partial charge in [0.05, 0.1) is 10.6 Å². The van der Waals surface area contributed by atoms with Crippen LogP contribution in [0.3, 0.4) is 0 Å². The lowest BCUT2D eigenvalue weighted by Crippen LogP contribution is -2.30. The van der Waals surface area contributed by atoms with Gasteiger partial charge in [0, 0.05) is 18.5 Å². The maximum Gasteiger partial charge on any atom is 0.339 e. The van der Waals surface area contributed by atoms with E-state index in [4.69, 9.17) is 9.47 Å². The Bertz CT molecular complexity index is 1000. The Morgan fingerprint density at radius 1 is 1.19 bits per heavy atom. The quantitative estimate of drug-likeness (QED) is 0.886. The smallest absolute Gasteiger partial charge is 0.339 e. The lowest BCUT2D eigenvalue weighted by Gasteiger charge is -2.23. The zero-order chi connectivity index (χ0) is 18.5. The van der Waals surface area contributed by atoms with E-state index in [2.05, 4.69) is 0 Å². The van der Waals surface area contributed by atoms with Gasteiger partial charge in [0.15, 0.2) is 11.5 Å². The number of sulfonamides is 1. The van der Waals surface area contributed by atoms with Gasteiger partial charge in [0.1, 0.15) is 18.8 Å². The molecule has 2 aliphatic heterocycles. The highest BCUT2D eigenvalue weighted by Crippen LogP contribution is 2.42. The van der Waals surface area contributed by atoms with Crippen molar-refractivity contribution in [2.45, 2.75) is 17.7 Å². The summed E-state index contributed by atoms with van der Waals surface area (Å²) in [5.41, 5.74) is 1.35. The normalized spacial score (nSPS) is 18.5. The maximum absolute atomic E-state index is 13.2. The number of ether oxygens (including phenoxy) is 2. The second-order valence-corrected chi connectivity index (χ2v) is 8.16. The third-order valence-corrected chi connectivity index (χ3v) is 6.37. The van der Waals surface area contributed by atoms with Gasteiger partial charge >= 0.3 is 5.97 Å². The van der Waals surface area contributed by atoms with Crippen LogP contribution >= 0.6 is 0 Å². The molecule has 8 heteroatoms. The van der Waals surface area contributed by atoms with Crippen molar-refractivity contribution < 1.29 is 27.8 Å². The molecule has 0 spiro atoms. The van der Waals surface area contributed by atoms with Crippen molar-refractivity contribution in [1.82, 2.24) is 0 Å². The number of carbonyl (C=O) groups is 1. The summed E-state index contributed by atoms with van der Waals surface area (Å²) < 4.78 is 38.6. The fourth-order valence-electron chi connectivity index (χ4n) is 3.37. The molecule has 0 saturated heterocycles. The molecule has 0 saturated carbocycles. The summed E-state index contributed by atoms with van der Waals surface area (Å²) in [7, 11) is -3.94. The van der Waals surface area contributed by atoms with Crippen molar-refractivity contribution in [2.75, 3.05) is 24.1 Å². The fourth-order valence-corrected chi connectivity index (χ4v) is 4.99. The number of carboxylic acid groups (broad SMARTS) is 1. The number of nitrogens with zero attached hydrogens (tertiary/aromatic N) is 1. The Balaban J connectivity index is 1.85. The molecule has 26 heavy (non-hydrogen) atoms. The predicted molar refractivity (Wildman–Crippen MR) is 93.8 cm³/mol. The third kappa shape index (κ3) is 2.48. The van der Waals surface area contributed by atoms with Crippen molar-refractivity contribution in [1.29, 1.82) is 0 Å². The molecule has 4 rings (SSSR count). The molecule has 2 aromatic carbocycles. The first-order valence-corrected chi connectivity index (χ1v) is 9.62. The van der Waals surface area contributed by atoms with Crippen molar-refractivity contribution in [3.8, 4) is 11.5 Å². The fraction of sp³-hybridized carbons (Fsp3) is 0.278. The van der Waals surface area contributed by atoms with Crippen LogP contribution in [-0.2, 0) is 10.0 Å². The van der Waals surface area contributed by atoms with Crippen molar-refractivity contribution >= 4 is 21.7 Å². The molecule has 1 atom stereocenters.